The monoisotopic (exact) mass is 372 g/mol. The highest BCUT2D eigenvalue weighted by Gasteiger charge is 2.10. The second-order valence-electron chi connectivity index (χ2n) is 5.68. The molecule has 136 valence electrons. The Kier molecular flexibility index (Phi) is 6.04. The fourth-order valence-corrected chi connectivity index (χ4v) is 3.35. The minimum absolute atomic E-state index is 0.0116. The first kappa shape index (κ1) is 18.2. The summed E-state index contributed by atoms with van der Waals surface area (Å²) >= 11 is 0. The average Bonchev–Trinajstić information content (AvgIpc) is 3.20. The van der Waals surface area contributed by atoms with Crippen molar-refractivity contribution in [1.29, 1.82) is 0 Å². The molecule has 0 saturated heterocycles. The highest BCUT2D eigenvalue weighted by molar-refractivity contribution is 7.89. The van der Waals surface area contributed by atoms with Crippen LogP contribution in [0.2, 0.25) is 0 Å². The molecule has 2 aromatic heterocycles. The van der Waals surface area contributed by atoms with Gasteiger partial charge in [0.25, 0.3) is 0 Å². The average molecular weight is 372 g/mol. The molecule has 3 rings (SSSR count). The van der Waals surface area contributed by atoms with E-state index < -0.39 is 10.0 Å². The Balaban J connectivity index is 1.43. The molecule has 0 saturated carbocycles. The minimum atomic E-state index is -3.36. The number of ether oxygens (including phenoxy) is 1. The van der Waals surface area contributed by atoms with Crippen LogP contribution in [0.1, 0.15) is 12.0 Å². The van der Waals surface area contributed by atoms with Crippen LogP contribution in [0.3, 0.4) is 0 Å². The Hall–Kier alpha value is -2.64. The van der Waals surface area contributed by atoms with Gasteiger partial charge in [-0.2, -0.15) is 0 Å². The Morgan fingerprint density at radius 3 is 2.58 bits per heavy atom. The molecule has 3 aromatic rings. The Labute approximate surface area is 152 Å². The van der Waals surface area contributed by atoms with E-state index in [1.54, 1.807) is 24.6 Å². The van der Waals surface area contributed by atoms with Crippen LogP contribution in [0.15, 0.2) is 71.5 Å². The van der Waals surface area contributed by atoms with Crippen molar-refractivity contribution in [3.63, 3.8) is 0 Å². The molecular formula is C19H20N2O4S. The summed E-state index contributed by atoms with van der Waals surface area (Å²) < 4.78 is 37.5. The molecule has 0 aliphatic heterocycles. The number of rotatable bonds is 9. The second-order valence-corrected chi connectivity index (χ2v) is 7.61. The van der Waals surface area contributed by atoms with E-state index in [0.29, 0.717) is 24.5 Å². The number of nitrogens with one attached hydrogen (secondary N) is 1. The molecule has 0 radical (unpaired) electrons. The number of hydrogen-bond acceptors (Lipinski definition) is 5. The van der Waals surface area contributed by atoms with Gasteiger partial charge in [0.05, 0.1) is 18.6 Å². The van der Waals surface area contributed by atoms with E-state index >= 15 is 0 Å². The van der Waals surface area contributed by atoms with Crippen molar-refractivity contribution in [3.05, 3.63) is 72.6 Å². The quantitative estimate of drug-likeness (QED) is 0.583. The summed E-state index contributed by atoms with van der Waals surface area (Å²) in [5.74, 6) is 1.42. The van der Waals surface area contributed by atoms with Gasteiger partial charge in [0.1, 0.15) is 11.4 Å². The second kappa shape index (κ2) is 8.64. The zero-order valence-corrected chi connectivity index (χ0v) is 15.0. The third kappa shape index (κ3) is 5.44. The smallest absolute Gasteiger partial charge is 0.212 e. The largest absolute Gasteiger partial charge is 0.494 e. The summed E-state index contributed by atoms with van der Waals surface area (Å²) in [4.78, 5) is 4.28. The van der Waals surface area contributed by atoms with Gasteiger partial charge in [-0.1, -0.05) is 24.3 Å². The fourth-order valence-electron chi connectivity index (χ4n) is 2.32. The van der Waals surface area contributed by atoms with Crippen LogP contribution >= 0.6 is 0 Å². The van der Waals surface area contributed by atoms with Gasteiger partial charge in [-0.25, -0.2) is 13.1 Å². The van der Waals surface area contributed by atoms with Crippen molar-refractivity contribution < 1.29 is 17.6 Å². The van der Waals surface area contributed by atoms with E-state index in [2.05, 4.69) is 9.71 Å². The van der Waals surface area contributed by atoms with Gasteiger partial charge >= 0.3 is 0 Å². The summed E-state index contributed by atoms with van der Waals surface area (Å²) in [5, 5.41) is 0. The van der Waals surface area contributed by atoms with Gasteiger partial charge in [-0.15, -0.1) is 0 Å². The molecule has 0 atom stereocenters. The number of nitrogens with zero attached hydrogens (tertiary/aromatic N) is 1. The maximum absolute atomic E-state index is 12.1. The van der Waals surface area contributed by atoms with Gasteiger partial charge in [-0.05, 0) is 42.3 Å². The molecule has 2 heterocycles. The third-order valence-electron chi connectivity index (χ3n) is 3.66. The van der Waals surface area contributed by atoms with E-state index in [1.807, 2.05) is 42.5 Å². The molecule has 0 fully saturated rings. The highest BCUT2D eigenvalue weighted by atomic mass is 32.2. The molecule has 1 aromatic carbocycles. The van der Waals surface area contributed by atoms with Crippen LogP contribution in [0.5, 0.6) is 5.75 Å². The molecule has 0 amide bonds. The van der Waals surface area contributed by atoms with E-state index in [9.17, 15) is 8.42 Å². The first-order valence-electron chi connectivity index (χ1n) is 8.26. The van der Waals surface area contributed by atoms with Crippen LogP contribution in [-0.2, 0) is 16.6 Å². The molecular weight excluding hydrogens is 352 g/mol. The maximum Gasteiger partial charge on any atom is 0.212 e. The lowest BCUT2D eigenvalue weighted by molar-refractivity contribution is 0.317. The molecule has 0 aliphatic carbocycles. The van der Waals surface area contributed by atoms with Crippen LogP contribution in [0.25, 0.3) is 11.5 Å². The van der Waals surface area contributed by atoms with Gasteiger partial charge in [0.2, 0.25) is 10.0 Å². The number of para-hydroxylation sites is 1. The van der Waals surface area contributed by atoms with Gasteiger partial charge < -0.3 is 9.15 Å². The van der Waals surface area contributed by atoms with Crippen molar-refractivity contribution >= 4 is 10.0 Å². The number of aromatic nitrogens is 1. The first-order valence-corrected chi connectivity index (χ1v) is 9.92. The van der Waals surface area contributed by atoms with E-state index in [1.165, 1.54) is 0 Å². The summed E-state index contributed by atoms with van der Waals surface area (Å²) in [5.41, 5.74) is 1.49. The maximum atomic E-state index is 12.1. The normalized spacial score (nSPS) is 11.4. The molecule has 26 heavy (non-hydrogen) atoms. The fraction of sp³-hybridized carbons (Fsp3) is 0.211. The molecule has 0 aliphatic rings. The standard InChI is InChI=1S/C19H20N2O4S/c22-26(23,13-5-12-24-17-6-2-1-3-7-17)21-15-16-9-10-18(20-14-16)19-8-4-11-25-19/h1-4,6-11,14,21H,5,12-13,15H2. The number of pyridine rings is 1. The third-order valence-corrected chi connectivity index (χ3v) is 5.07. The van der Waals surface area contributed by atoms with Crippen molar-refractivity contribution in [2.24, 2.45) is 0 Å². The van der Waals surface area contributed by atoms with E-state index in [-0.39, 0.29) is 12.3 Å². The minimum Gasteiger partial charge on any atom is -0.494 e. The van der Waals surface area contributed by atoms with Gasteiger partial charge in [-0.3, -0.25) is 4.98 Å². The van der Waals surface area contributed by atoms with Gasteiger partial charge in [0.15, 0.2) is 5.76 Å². The van der Waals surface area contributed by atoms with Crippen molar-refractivity contribution in [2.45, 2.75) is 13.0 Å². The highest BCUT2D eigenvalue weighted by Crippen LogP contribution is 2.17. The summed E-state index contributed by atoms with van der Waals surface area (Å²) in [7, 11) is -3.36. The Morgan fingerprint density at radius 1 is 1.04 bits per heavy atom. The predicted molar refractivity (Wildman–Crippen MR) is 99.1 cm³/mol. The molecule has 0 spiro atoms. The molecule has 6 nitrogen and oxygen atoms in total. The number of sulfonamides is 1. The predicted octanol–water partition coefficient (Wildman–Crippen LogP) is 3.23. The summed E-state index contributed by atoms with van der Waals surface area (Å²) in [6.45, 7) is 0.553. The van der Waals surface area contributed by atoms with Crippen molar-refractivity contribution in [2.75, 3.05) is 12.4 Å². The van der Waals surface area contributed by atoms with Crippen LogP contribution < -0.4 is 9.46 Å². The molecule has 0 unspecified atom stereocenters. The molecule has 7 heteroatoms. The first-order chi connectivity index (χ1) is 12.6. The topological polar surface area (TPSA) is 81.4 Å². The Morgan fingerprint density at radius 2 is 1.88 bits per heavy atom. The van der Waals surface area contributed by atoms with E-state index in [4.69, 9.17) is 9.15 Å². The number of furan rings is 1. The van der Waals surface area contributed by atoms with Crippen molar-refractivity contribution in [1.82, 2.24) is 9.71 Å². The summed E-state index contributed by atoms with van der Waals surface area (Å²) in [6.07, 6.45) is 3.64. The van der Waals surface area contributed by atoms with Crippen molar-refractivity contribution in [3.8, 4) is 17.2 Å². The molecule has 0 bridgehead atoms. The number of benzene rings is 1. The number of hydrogen-bond donors (Lipinski definition) is 1. The van der Waals surface area contributed by atoms with E-state index in [0.717, 1.165) is 11.3 Å². The van der Waals surface area contributed by atoms with Crippen LogP contribution in [0, 0.1) is 0 Å². The lowest BCUT2D eigenvalue weighted by Crippen LogP contribution is -2.26. The van der Waals surface area contributed by atoms with Crippen LogP contribution in [-0.4, -0.2) is 25.8 Å². The summed E-state index contributed by atoms with van der Waals surface area (Å²) in [6, 6.07) is 16.6. The zero-order chi connectivity index (χ0) is 18.2. The Bertz CT molecular complexity index is 892. The SMILES string of the molecule is O=S(=O)(CCCOc1ccccc1)NCc1ccc(-c2ccco2)nc1. The molecule has 1 N–H and O–H groups in total. The zero-order valence-electron chi connectivity index (χ0n) is 14.2. The lowest BCUT2D eigenvalue weighted by Gasteiger charge is -2.08. The van der Waals surface area contributed by atoms with Gasteiger partial charge in [0, 0.05) is 12.7 Å². The van der Waals surface area contributed by atoms with Crippen LogP contribution in [0.4, 0.5) is 0 Å². The lowest BCUT2D eigenvalue weighted by atomic mass is 10.2.